The molecule has 0 saturated heterocycles. The largest absolute Gasteiger partial charge is 0.363 e. The predicted octanol–water partition coefficient (Wildman–Crippen LogP) is 3.81. The van der Waals surface area contributed by atoms with Crippen LogP contribution in [0.2, 0.25) is 0 Å². The van der Waals surface area contributed by atoms with Crippen molar-refractivity contribution in [1.82, 2.24) is 9.97 Å². The van der Waals surface area contributed by atoms with Crippen molar-refractivity contribution in [2.75, 3.05) is 5.32 Å². The first-order valence-corrected chi connectivity index (χ1v) is 6.85. The molecule has 3 aromatic rings. The van der Waals surface area contributed by atoms with Crippen LogP contribution in [0.4, 0.5) is 10.2 Å². The Hall–Kier alpha value is -3.00. The summed E-state index contributed by atoms with van der Waals surface area (Å²) in [6, 6.07) is 14.0. The van der Waals surface area contributed by atoms with Crippen LogP contribution in [0.1, 0.15) is 24.1 Å². The van der Waals surface area contributed by atoms with E-state index in [1.807, 2.05) is 19.1 Å². The fourth-order valence-corrected chi connectivity index (χ4v) is 2.31. The van der Waals surface area contributed by atoms with Gasteiger partial charge in [0.25, 0.3) is 0 Å². The van der Waals surface area contributed by atoms with Gasteiger partial charge >= 0.3 is 0 Å². The highest BCUT2D eigenvalue weighted by atomic mass is 19.1. The van der Waals surface area contributed by atoms with Crippen LogP contribution in [0.15, 0.2) is 48.8 Å². The average molecular weight is 292 g/mol. The number of fused-ring (bicyclic) bond motifs is 1. The molecule has 0 spiro atoms. The lowest BCUT2D eigenvalue weighted by Crippen LogP contribution is -2.09. The van der Waals surface area contributed by atoms with Gasteiger partial charge in [0.05, 0.1) is 22.5 Å². The first-order chi connectivity index (χ1) is 10.7. The summed E-state index contributed by atoms with van der Waals surface area (Å²) in [6.45, 7) is 1.95. The molecule has 22 heavy (non-hydrogen) atoms. The van der Waals surface area contributed by atoms with Gasteiger partial charge in [-0.3, -0.25) is 0 Å². The monoisotopic (exact) mass is 292 g/mol. The molecule has 1 aromatic heterocycles. The number of nitrogens with one attached hydrogen (secondary N) is 1. The molecule has 0 amide bonds. The molecule has 3 rings (SSSR count). The highest BCUT2D eigenvalue weighted by molar-refractivity contribution is 5.89. The number of benzene rings is 2. The van der Waals surface area contributed by atoms with E-state index < -0.39 is 0 Å². The standard InChI is InChI=1S/C17H13FN4/c1-11(13-7-5-12(9-19)6-8-13)22-17-16-14(18)3-2-4-15(16)20-10-21-17/h2-8,10-11H,1H3,(H,20,21,22). The maximum Gasteiger partial charge on any atom is 0.140 e. The topological polar surface area (TPSA) is 61.6 Å². The predicted molar refractivity (Wildman–Crippen MR) is 82.7 cm³/mol. The molecular weight excluding hydrogens is 279 g/mol. The van der Waals surface area contributed by atoms with Crippen LogP contribution in [-0.2, 0) is 0 Å². The number of hydrogen-bond donors (Lipinski definition) is 1. The fraction of sp³-hybridized carbons (Fsp3) is 0.118. The van der Waals surface area contributed by atoms with Crippen LogP contribution in [0.3, 0.4) is 0 Å². The second kappa shape index (κ2) is 5.78. The number of rotatable bonds is 3. The Morgan fingerprint density at radius 3 is 2.64 bits per heavy atom. The molecular formula is C17H13FN4. The average Bonchev–Trinajstić information content (AvgIpc) is 2.55. The zero-order chi connectivity index (χ0) is 15.5. The van der Waals surface area contributed by atoms with Crippen molar-refractivity contribution in [3.05, 3.63) is 65.7 Å². The highest BCUT2D eigenvalue weighted by Crippen LogP contribution is 2.26. The smallest absolute Gasteiger partial charge is 0.140 e. The lowest BCUT2D eigenvalue weighted by Gasteiger charge is -2.16. The summed E-state index contributed by atoms with van der Waals surface area (Å²) in [5.74, 6) is 0.104. The number of aromatic nitrogens is 2. The minimum absolute atomic E-state index is 0.0783. The number of halogens is 1. The van der Waals surface area contributed by atoms with Gasteiger partial charge in [-0.1, -0.05) is 18.2 Å². The summed E-state index contributed by atoms with van der Waals surface area (Å²) < 4.78 is 14.0. The SMILES string of the molecule is CC(Nc1ncnc2cccc(F)c12)c1ccc(C#N)cc1. The molecule has 0 aliphatic rings. The quantitative estimate of drug-likeness (QED) is 0.797. The molecule has 0 saturated carbocycles. The third-order valence-electron chi connectivity index (χ3n) is 3.51. The minimum Gasteiger partial charge on any atom is -0.363 e. The van der Waals surface area contributed by atoms with Gasteiger partial charge in [0.1, 0.15) is 18.0 Å². The number of hydrogen-bond acceptors (Lipinski definition) is 4. The Balaban J connectivity index is 1.94. The molecule has 0 aliphatic heterocycles. The Morgan fingerprint density at radius 1 is 1.14 bits per heavy atom. The van der Waals surface area contributed by atoms with Crippen molar-refractivity contribution < 1.29 is 4.39 Å². The van der Waals surface area contributed by atoms with Crippen LogP contribution < -0.4 is 5.32 Å². The van der Waals surface area contributed by atoms with Crippen molar-refractivity contribution >= 4 is 16.7 Å². The second-order valence-electron chi connectivity index (χ2n) is 4.96. The zero-order valence-corrected chi connectivity index (χ0v) is 11.9. The van der Waals surface area contributed by atoms with Gasteiger partial charge in [0, 0.05) is 6.04 Å². The van der Waals surface area contributed by atoms with Gasteiger partial charge in [-0.25, -0.2) is 14.4 Å². The van der Waals surface area contributed by atoms with Crippen LogP contribution in [0, 0.1) is 17.1 Å². The van der Waals surface area contributed by atoms with Crippen molar-refractivity contribution in [1.29, 1.82) is 5.26 Å². The van der Waals surface area contributed by atoms with Gasteiger partial charge in [-0.2, -0.15) is 5.26 Å². The van der Waals surface area contributed by atoms with Gasteiger partial charge in [-0.05, 0) is 36.8 Å². The Bertz CT molecular complexity index is 847. The molecule has 5 heteroatoms. The Morgan fingerprint density at radius 2 is 1.91 bits per heavy atom. The maximum absolute atomic E-state index is 14.0. The van der Waals surface area contributed by atoms with Crippen molar-refractivity contribution in [2.24, 2.45) is 0 Å². The summed E-state index contributed by atoms with van der Waals surface area (Å²) in [4.78, 5) is 8.23. The second-order valence-corrected chi connectivity index (χ2v) is 4.96. The molecule has 0 radical (unpaired) electrons. The fourth-order valence-electron chi connectivity index (χ4n) is 2.31. The van der Waals surface area contributed by atoms with Crippen molar-refractivity contribution in [3.8, 4) is 6.07 Å². The summed E-state index contributed by atoms with van der Waals surface area (Å²) in [7, 11) is 0. The van der Waals surface area contributed by atoms with Crippen LogP contribution in [-0.4, -0.2) is 9.97 Å². The third kappa shape index (κ3) is 2.59. The number of nitriles is 1. The molecule has 4 nitrogen and oxygen atoms in total. The van der Waals surface area contributed by atoms with Gasteiger partial charge in [0.15, 0.2) is 0 Å². The van der Waals surface area contributed by atoms with Crippen LogP contribution in [0.25, 0.3) is 10.9 Å². The van der Waals surface area contributed by atoms with Gasteiger partial charge in [0.2, 0.25) is 0 Å². The molecule has 0 bridgehead atoms. The van der Waals surface area contributed by atoms with E-state index in [4.69, 9.17) is 5.26 Å². The maximum atomic E-state index is 14.0. The first-order valence-electron chi connectivity index (χ1n) is 6.85. The molecule has 0 fully saturated rings. The summed E-state index contributed by atoms with van der Waals surface area (Å²) in [5, 5.41) is 12.4. The van der Waals surface area contributed by atoms with Crippen molar-refractivity contribution in [2.45, 2.75) is 13.0 Å². The Labute approximate surface area is 127 Å². The molecule has 108 valence electrons. The van der Waals surface area contributed by atoms with Crippen LogP contribution >= 0.6 is 0 Å². The Kier molecular flexibility index (Phi) is 3.67. The third-order valence-corrected chi connectivity index (χ3v) is 3.51. The van der Waals surface area contributed by atoms with Gasteiger partial charge < -0.3 is 5.32 Å². The molecule has 2 aromatic carbocycles. The first kappa shape index (κ1) is 14.0. The number of anilines is 1. The molecule has 1 unspecified atom stereocenters. The minimum atomic E-state index is -0.354. The van der Waals surface area contributed by atoms with E-state index in [0.29, 0.717) is 22.3 Å². The van der Waals surface area contributed by atoms with Gasteiger partial charge in [-0.15, -0.1) is 0 Å². The molecule has 1 heterocycles. The summed E-state index contributed by atoms with van der Waals surface area (Å²) in [6.07, 6.45) is 1.41. The highest BCUT2D eigenvalue weighted by Gasteiger charge is 2.12. The van der Waals surface area contributed by atoms with E-state index >= 15 is 0 Å². The summed E-state index contributed by atoms with van der Waals surface area (Å²) in [5.41, 5.74) is 2.15. The molecule has 1 N–H and O–H groups in total. The van der Waals surface area contributed by atoms with Crippen LogP contribution in [0.5, 0.6) is 0 Å². The number of nitrogens with zero attached hydrogens (tertiary/aromatic N) is 3. The lowest BCUT2D eigenvalue weighted by atomic mass is 10.1. The van der Waals surface area contributed by atoms with E-state index in [9.17, 15) is 4.39 Å². The zero-order valence-electron chi connectivity index (χ0n) is 11.9. The summed E-state index contributed by atoms with van der Waals surface area (Å²) >= 11 is 0. The van der Waals surface area contributed by atoms with E-state index in [0.717, 1.165) is 5.56 Å². The molecule has 1 atom stereocenters. The van der Waals surface area contributed by atoms with Crippen molar-refractivity contribution in [3.63, 3.8) is 0 Å². The van der Waals surface area contributed by atoms with E-state index in [-0.39, 0.29) is 11.9 Å². The molecule has 0 aliphatic carbocycles. The lowest BCUT2D eigenvalue weighted by molar-refractivity contribution is 0.639. The van der Waals surface area contributed by atoms with E-state index in [1.165, 1.54) is 12.4 Å². The normalized spacial score (nSPS) is 11.9. The van der Waals surface area contributed by atoms with E-state index in [2.05, 4.69) is 21.4 Å². The van der Waals surface area contributed by atoms with E-state index in [1.54, 1.807) is 24.3 Å².